The van der Waals surface area contributed by atoms with Gasteiger partial charge in [0.05, 0.1) is 4.92 Å². The largest absolute Gasteiger partial charge is 0.502 e. The first-order chi connectivity index (χ1) is 10.5. The van der Waals surface area contributed by atoms with Crippen LogP contribution in [0, 0.1) is 15.9 Å². The third-order valence-corrected chi connectivity index (χ3v) is 3.01. The highest BCUT2D eigenvalue weighted by atomic mass is 19.1. The molecule has 0 fully saturated rings. The first-order valence-electron chi connectivity index (χ1n) is 6.21. The summed E-state index contributed by atoms with van der Waals surface area (Å²) in [6.45, 7) is 0. The zero-order valence-corrected chi connectivity index (χ0v) is 11.0. The van der Waals surface area contributed by atoms with E-state index < -0.39 is 22.2 Å². The van der Waals surface area contributed by atoms with E-state index in [2.05, 4.69) is 15.2 Å². The molecule has 0 bridgehead atoms. The maximum atomic E-state index is 13.2. The number of hydrogen-bond acceptors (Lipinski definition) is 5. The molecule has 2 aromatic carbocycles. The minimum absolute atomic E-state index is 0.269. The number of aromatic amines is 1. The quantitative estimate of drug-likeness (QED) is 0.571. The van der Waals surface area contributed by atoms with Gasteiger partial charge in [0.15, 0.2) is 17.4 Å². The van der Waals surface area contributed by atoms with Crippen LogP contribution in [0.15, 0.2) is 42.5 Å². The van der Waals surface area contributed by atoms with Crippen molar-refractivity contribution in [3.8, 4) is 28.5 Å². The van der Waals surface area contributed by atoms with Crippen LogP contribution in [-0.2, 0) is 0 Å². The summed E-state index contributed by atoms with van der Waals surface area (Å²) < 4.78 is 13.2. The van der Waals surface area contributed by atoms with Gasteiger partial charge >= 0.3 is 5.69 Å². The average Bonchev–Trinajstić information content (AvgIpc) is 2.97. The molecule has 0 saturated carbocycles. The molecule has 0 aliphatic carbocycles. The number of H-pyrrole nitrogens is 1. The lowest BCUT2D eigenvalue weighted by Crippen LogP contribution is -1.90. The second-order valence-electron chi connectivity index (χ2n) is 4.48. The standard InChI is InChI=1S/C14H9FN4O3/c15-10-3-1-2-8(6-10)13-16-14(18-17-13)9-4-5-12(20)11(7-9)19(21)22/h1-7,20H,(H,16,17,18). The highest BCUT2D eigenvalue weighted by Gasteiger charge is 2.16. The molecule has 0 radical (unpaired) electrons. The zero-order chi connectivity index (χ0) is 15.7. The summed E-state index contributed by atoms with van der Waals surface area (Å²) in [6.07, 6.45) is 0. The maximum absolute atomic E-state index is 13.2. The number of halogens is 1. The van der Waals surface area contributed by atoms with Gasteiger partial charge in [-0.25, -0.2) is 9.37 Å². The number of phenolic OH excluding ortho intramolecular Hbond substituents is 1. The normalized spacial score (nSPS) is 10.6. The van der Waals surface area contributed by atoms with Gasteiger partial charge in [-0.2, -0.15) is 5.10 Å². The second-order valence-corrected chi connectivity index (χ2v) is 4.48. The van der Waals surface area contributed by atoms with E-state index in [1.54, 1.807) is 6.07 Å². The van der Waals surface area contributed by atoms with E-state index in [1.807, 2.05) is 0 Å². The van der Waals surface area contributed by atoms with Crippen molar-refractivity contribution in [2.75, 3.05) is 0 Å². The SMILES string of the molecule is O=[N+]([O-])c1cc(-c2nc(-c3cccc(F)c3)n[nH]2)ccc1O. The number of aromatic nitrogens is 3. The molecular weight excluding hydrogens is 291 g/mol. The van der Waals surface area contributed by atoms with Gasteiger partial charge in [-0.1, -0.05) is 12.1 Å². The van der Waals surface area contributed by atoms with Crippen LogP contribution in [-0.4, -0.2) is 25.2 Å². The Bertz CT molecular complexity index is 863. The Kier molecular flexibility index (Phi) is 3.26. The molecule has 1 aromatic heterocycles. The Morgan fingerprint density at radius 3 is 2.73 bits per heavy atom. The predicted molar refractivity (Wildman–Crippen MR) is 75.5 cm³/mol. The van der Waals surface area contributed by atoms with Gasteiger partial charge in [0.1, 0.15) is 5.82 Å². The monoisotopic (exact) mass is 300 g/mol. The van der Waals surface area contributed by atoms with Crippen molar-refractivity contribution in [3.05, 3.63) is 58.4 Å². The Morgan fingerprint density at radius 1 is 1.18 bits per heavy atom. The first kappa shape index (κ1) is 13.7. The molecule has 0 atom stereocenters. The van der Waals surface area contributed by atoms with Crippen LogP contribution in [0.2, 0.25) is 0 Å². The molecule has 110 valence electrons. The number of nitro benzene ring substituents is 1. The van der Waals surface area contributed by atoms with E-state index >= 15 is 0 Å². The fourth-order valence-electron chi connectivity index (χ4n) is 1.96. The van der Waals surface area contributed by atoms with Gasteiger partial charge in [0, 0.05) is 17.2 Å². The van der Waals surface area contributed by atoms with Gasteiger partial charge in [0.2, 0.25) is 0 Å². The molecule has 0 aliphatic heterocycles. The third kappa shape index (κ3) is 2.49. The molecule has 0 amide bonds. The second kappa shape index (κ2) is 5.24. The summed E-state index contributed by atoms with van der Waals surface area (Å²) >= 11 is 0. The number of phenols is 1. The van der Waals surface area contributed by atoms with E-state index in [1.165, 1.54) is 36.4 Å². The summed E-state index contributed by atoms with van der Waals surface area (Å²) in [5.74, 6) is -0.296. The molecule has 1 heterocycles. The van der Waals surface area contributed by atoms with E-state index in [-0.39, 0.29) is 11.6 Å². The van der Waals surface area contributed by atoms with Gasteiger partial charge < -0.3 is 5.11 Å². The average molecular weight is 300 g/mol. The van der Waals surface area contributed by atoms with Gasteiger partial charge in [-0.15, -0.1) is 0 Å². The molecular formula is C14H9FN4O3. The van der Waals surface area contributed by atoms with Crippen LogP contribution in [0.25, 0.3) is 22.8 Å². The molecule has 8 heteroatoms. The van der Waals surface area contributed by atoms with Gasteiger partial charge in [-0.3, -0.25) is 15.2 Å². The number of nitro groups is 1. The lowest BCUT2D eigenvalue weighted by molar-refractivity contribution is -0.385. The molecule has 3 rings (SSSR count). The first-order valence-corrected chi connectivity index (χ1v) is 6.21. The maximum Gasteiger partial charge on any atom is 0.311 e. The summed E-state index contributed by atoms with van der Waals surface area (Å²) in [6, 6.07) is 9.63. The fourth-order valence-corrected chi connectivity index (χ4v) is 1.96. The minimum atomic E-state index is -0.692. The Morgan fingerprint density at radius 2 is 2.00 bits per heavy atom. The molecule has 0 unspecified atom stereocenters. The Labute approximate surface area is 123 Å². The zero-order valence-electron chi connectivity index (χ0n) is 11.0. The van der Waals surface area contributed by atoms with Crippen LogP contribution in [0.1, 0.15) is 0 Å². The molecule has 3 aromatic rings. The van der Waals surface area contributed by atoms with Crippen molar-refractivity contribution in [2.24, 2.45) is 0 Å². The van der Waals surface area contributed by atoms with Gasteiger partial charge in [0.25, 0.3) is 0 Å². The topological polar surface area (TPSA) is 105 Å². The van der Waals surface area contributed by atoms with Crippen molar-refractivity contribution in [1.29, 1.82) is 0 Å². The number of nitrogens with one attached hydrogen (secondary N) is 1. The highest BCUT2D eigenvalue weighted by Crippen LogP contribution is 2.30. The molecule has 0 spiro atoms. The lowest BCUT2D eigenvalue weighted by atomic mass is 10.1. The predicted octanol–water partition coefficient (Wildman–Crippen LogP) is 2.89. The van der Waals surface area contributed by atoms with Crippen molar-refractivity contribution in [3.63, 3.8) is 0 Å². The van der Waals surface area contributed by atoms with Gasteiger partial charge in [-0.05, 0) is 24.3 Å². The summed E-state index contributed by atoms with van der Waals surface area (Å²) in [5, 5.41) is 26.9. The molecule has 2 N–H and O–H groups in total. The number of aromatic hydroxyl groups is 1. The number of nitrogens with zero attached hydrogens (tertiary/aromatic N) is 3. The molecule has 7 nitrogen and oxygen atoms in total. The number of rotatable bonds is 3. The molecule has 22 heavy (non-hydrogen) atoms. The minimum Gasteiger partial charge on any atom is -0.502 e. The van der Waals surface area contributed by atoms with Crippen LogP contribution in [0.4, 0.5) is 10.1 Å². The smallest absolute Gasteiger partial charge is 0.311 e. The van der Waals surface area contributed by atoms with E-state index in [9.17, 15) is 19.6 Å². The summed E-state index contributed by atoms with van der Waals surface area (Å²) in [4.78, 5) is 14.3. The fraction of sp³-hybridized carbons (Fsp3) is 0. The number of benzene rings is 2. The molecule has 0 aliphatic rings. The third-order valence-electron chi connectivity index (χ3n) is 3.01. The van der Waals surface area contributed by atoms with Crippen LogP contribution < -0.4 is 0 Å². The lowest BCUT2D eigenvalue weighted by Gasteiger charge is -1.99. The van der Waals surface area contributed by atoms with Crippen LogP contribution in [0.3, 0.4) is 0 Å². The Hall–Kier alpha value is -3.29. The van der Waals surface area contributed by atoms with Crippen LogP contribution >= 0.6 is 0 Å². The van der Waals surface area contributed by atoms with E-state index in [0.717, 1.165) is 0 Å². The van der Waals surface area contributed by atoms with E-state index in [4.69, 9.17) is 0 Å². The molecule has 0 saturated heterocycles. The van der Waals surface area contributed by atoms with Crippen molar-refractivity contribution in [2.45, 2.75) is 0 Å². The summed E-state index contributed by atoms with van der Waals surface area (Å²) in [7, 11) is 0. The summed E-state index contributed by atoms with van der Waals surface area (Å²) in [5.41, 5.74) is 0.441. The number of hydrogen-bond donors (Lipinski definition) is 2. The van der Waals surface area contributed by atoms with E-state index in [0.29, 0.717) is 11.1 Å². The van der Waals surface area contributed by atoms with Crippen molar-refractivity contribution >= 4 is 5.69 Å². The van der Waals surface area contributed by atoms with Crippen LogP contribution in [0.5, 0.6) is 5.75 Å². The van der Waals surface area contributed by atoms with Crippen molar-refractivity contribution in [1.82, 2.24) is 15.2 Å². The Balaban J connectivity index is 2.01. The highest BCUT2D eigenvalue weighted by molar-refractivity contribution is 5.65. The van der Waals surface area contributed by atoms with Crippen molar-refractivity contribution < 1.29 is 14.4 Å².